The molecule has 6 nitrogen and oxygen atoms in total. The van der Waals surface area contributed by atoms with Crippen molar-refractivity contribution in [1.82, 2.24) is 10.9 Å². The molecule has 2 amide bonds. The number of hydrogen-bond donors (Lipinski definition) is 2. The van der Waals surface area contributed by atoms with Crippen molar-refractivity contribution in [2.75, 3.05) is 13.2 Å². The number of carbonyl (C=O) groups is 2. The van der Waals surface area contributed by atoms with Crippen LogP contribution < -0.4 is 20.3 Å². The monoisotopic (exact) mass is 424 g/mol. The van der Waals surface area contributed by atoms with Gasteiger partial charge in [0.2, 0.25) is 0 Å². The van der Waals surface area contributed by atoms with Crippen LogP contribution in [0, 0.1) is 3.57 Å². The summed E-state index contributed by atoms with van der Waals surface area (Å²) in [6.45, 7) is 0.937. The molecule has 0 saturated carbocycles. The van der Waals surface area contributed by atoms with Gasteiger partial charge in [0.05, 0.1) is 0 Å². The SMILES string of the molecule is O=C(NNC(=O)c1ccc2c(c1)OCCO2)c1ccc(I)cc1. The number of fused-ring (bicyclic) bond motifs is 1. The molecule has 1 aliphatic heterocycles. The summed E-state index contributed by atoms with van der Waals surface area (Å²) in [4.78, 5) is 24.0. The van der Waals surface area contributed by atoms with Crippen LogP contribution in [0.3, 0.4) is 0 Å². The van der Waals surface area contributed by atoms with E-state index in [1.165, 1.54) is 0 Å². The van der Waals surface area contributed by atoms with Crippen LogP contribution in [0.15, 0.2) is 42.5 Å². The van der Waals surface area contributed by atoms with E-state index in [0.717, 1.165) is 3.57 Å². The summed E-state index contributed by atoms with van der Waals surface area (Å²) in [5.74, 6) is 0.316. The van der Waals surface area contributed by atoms with Crippen LogP contribution in [-0.4, -0.2) is 25.0 Å². The van der Waals surface area contributed by atoms with E-state index in [4.69, 9.17) is 9.47 Å². The van der Waals surface area contributed by atoms with Crippen LogP contribution in [-0.2, 0) is 0 Å². The minimum atomic E-state index is -0.430. The highest BCUT2D eigenvalue weighted by Crippen LogP contribution is 2.30. The zero-order chi connectivity index (χ0) is 16.2. The topological polar surface area (TPSA) is 76.7 Å². The zero-order valence-corrected chi connectivity index (χ0v) is 14.1. The van der Waals surface area contributed by atoms with Gasteiger partial charge >= 0.3 is 0 Å². The first-order chi connectivity index (χ1) is 11.1. The number of halogens is 1. The van der Waals surface area contributed by atoms with Crippen molar-refractivity contribution in [2.45, 2.75) is 0 Å². The fraction of sp³-hybridized carbons (Fsp3) is 0.125. The van der Waals surface area contributed by atoms with Gasteiger partial charge in [-0.15, -0.1) is 0 Å². The molecule has 23 heavy (non-hydrogen) atoms. The summed E-state index contributed by atoms with van der Waals surface area (Å²) in [5, 5.41) is 0. The average molecular weight is 424 g/mol. The Bertz CT molecular complexity index is 746. The molecule has 3 rings (SSSR count). The third kappa shape index (κ3) is 3.73. The maximum absolute atomic E-state index is 12.1. The van der Waals surface area contributed by atoms with E-state index in [0.29, 0.717) is 35.8 Å². The van der Waals surface area contributed by atoms with E-state index < -0.39 is 5.91 Å². The largest absolute Gasteiger partial charge is 0.486 e. The minimum Gasteiger partial charge on any atom is -0.486 e. The van der Waals surface area contributed by atoms with E-state index >= 15 is 0 Å². The third-order valence-corrected chi connectivity index (χ3v) is 3.92. The highest BCUT2D eigenvalue weighted by molar-refractivity contribution is 14.1. The van der Waals surface area contributed by atoms with Gasteiger partial charge in [0.15, 0.2) is 11.5 Å². The van der Waals surface area contributed by atoms with Crippen LogP contribution in [0.1, 0.15) is 20.7 Å². The smallest absolute Gasteiger partial charge is 0.269 e. The molecule has 0 radical (unpaired) electrons. The van der Waals surface area contributed by atoms with Crippen molar-refractivity contribution in [3.05, 3.63) is 57.2 Å². The minimum absolute atomic E-state index is 0.372. The molecule has 0 aliphatic carbocycles. The standard InChI is InChI=1S/C16H13IN2O4/c17-12-4-1-10(2-5-12)15(20)18-19-16(21)11-3-6-13-14(9-11)23-8-7-22-13/h1-6,9H,7-8H2,(H,18,20)(H,19,21). The van der Waals surface area contributed by atoms with Crippen LogP contribution >= 0.6 is 22.6 Å². The Labute approximate surface area is 146 Å². The van der Waals surface area contributed by atoms with Crippen LogP contribution in [0.25, 0.3) is 0 Å². The lowest BCUT2D eigenvalue weighted by Crippen LogP contribution is -2.41. The molecule has 1 aliphatic rings. The van der Waals surface area contributed by atoms with E-state index in [-0.39, 0.29) is 5.91 Å². The van der Waals surface area contributed by atoms with Gasteiger partial charge in [0, 0.05) is 14.7 Å². The van der Waals surface area contributed by atoms with Crippen LogP contribution in [0.2, 0.25) is 0 Å². The molecule has 7 heteroatoms. The molecule has 0 fully saturated rings. The number of ether oxygens (including phenoxy) is 2. The second-order valence-corrected chi connectivity index (χ2v) is 6.02. The summed E-state index contributed by atoms with van der Waals surface area (Å²) in [6, 6.07) is 11.9. The van der Waals surface area contributed by atoms with Gasteiger partial charge in [0.25, 0.3) is 11.8 Å². The van der Waals surface area contributed by atoms with Crippen molar-refractivity contribution in [2.24, 2.45) is 0 Å². The van der Waals surface area contributed by atoms with Crippen LogP contribution in [0.5, 0.6) is 11.5 Å². The highest BCUT2D eigenvalue weighted by atomic mass is 127. The predicted octanol–water partition coefficient (Wildman–Crippen LogP) is 2.14. The number of rotatable bonds is 2. The van der Waals surface area contributed by atoms with Gasteiger partial charge in [-0.1, -0.05) is 0 Å². The van der Waals surface area contributed by atoms with Crippen LogP contribution in [0.4, 0.5) is 0 Å². The number of benzene rings is 2. The number of amides is 2. The Hall–Kier alpha value is -2.29. The fourth-order valence-corrected chi connectivity index (χ4v) is 2.40. The molecule has 0 unspecified atom stereocenters. The lowest BCUT2D eigenvalue weighted by atomic mass is 10.2. The predicted molar refractivity (Wildman–Crippen MR) is 91.5 cm³/mol. The average Bonchev–Trinajstić information content (AvgIpc) is 2.59. The Morgan fingerprint density at radius 2 is 1.39 bits per heavy atom. The second-order valence-electron chi connectivity index (χ2n) is 4.77. The molecule has 0 bridgehead atoms. The molecule has 2 N–H and O–H groups in total. The van der Waals surface area contributed by atoms with Crippen molar-refractivity contribution in [3.63, 3.8) is 0 Å². The Kier molecular flexibility index (Phi) is 4.65. The Morgan fingerprint density at radius 3 is 2.09 bits per heavy atom. The highest BCUT2D eigenvalue weighted by Gasteiger charge is 2.15. The first-order valence-corrected chi connectivity index (χ1v) is 7.97. The summed E-state index contributed by atoms with van der Waals surface area (Å²) in [5.41, 5.74) is 5.60. The van der Waals surface area contributed by atoms with Gasteiger partial charge in [-0.3, -0.25) is 20.4 Å². The van der Waals surface area contributed by atoms with Crippen molar-refractivity contribution < 1.29 is 19.1 Å². The van der Waals surface area contributed by atoms with E-state index in [9.17, 15) is 9.59 Å². The molecule has 2 aromatic carbocycles. The normalized spacial score (nSPS) is 12.4. The zero-order valence-electron chi connectivity index (χ0n) is 12.0. The number of hydrazine groups is 1. The summed E-state index contributed by atoms with van der Waals surface area (Å²) in [7, 11) is 0. The molecule has 0 spiro atoms. The van der Waals surface area contributed by atoms with Crippen molar-refractivity contribution in [3.8, 4) is 11.5 Å². The fourth-order valence-electron chi connectivity index (χ4n) is 2.04. The third-order valence-electron chi connectivity index (χ3n) is 3.20. The first-order valence-electron chi connectivity index (χ1n) is 6.89. The Morgan fingerprint density at radius 1 is 0.826 bits per heavy atom. The van der Waals surface area contributed by atoms with Gasteiger partial charge in [-0.05, 0) is 65.1 Å². The summed E-state index contributed by atoms with van der Waals surface area (Å²) in [6.07, 6.45) is 0. The lowest BCUT2D eigenvalue weighted by molar-refractivity contribution is 0.0846. The molecule has 1 heterocycles. The Balaban J connectivity index is 1.63. The number of hydrogen-bond acceptors (Lipinski definition) is 4. The quantitative estimate of drug-likeness (QED) is 0.573. The summed E-state index contributed by atoms with van der Waals surface area (Å²) < 4.78 is 11.9. The molecular formula is C16H13IN2O4. The van der Waals surface area contributed by atoms with E-state index in [1.807, 2.05) is 12.1 Å². The van der Waals surface area contributed by atoms with Gasteiger partial charge < -0.3 is 9.47 Å². The molecule has 0 atom stereocenters. The lowest BCUT2D eigenvalue weighted by Gasteiger charge is -2.18. The maximum atomic E-state index is 12.1. The first kappa shape index (κ1) is 15.6. The van der Waals surface area contributed by atoms with Gasteiger partial charge in [0.1, 0.15) is 13.2 Å². The molecule has 118 valence electrons. The van der Waals surface area contributed by atoms with Gasteiger partial charge in [-0.2, -0.15) is 0 Å². The van der Waals surface area contributed by atoms with E-state index in [1.54, 1.807) is 30.3 Å². The van der Waals surface area contributed by atoms with Crippen molar-refractivity contribution in [1.29, 1.82) is 0 Å². The van der Waals surface area contributed by atoms with E-state index in [2.05, 4.69) is 33.4 Å². The second kappa shape index (κ2) is 6.86. The molecule has 0 aromatic heterocycles. The summed E-state index contributed by atoms with van der Waals surface area (Å²) >= 11 is 2.15. The maximum Gasteiger partial charge on any atom is 0.269 e. The number of nitrogens with one attached hydrogen (secondary N) is 2. The van der Waals surface area contributed by atoms with Gasteiger partial charge in [-0.25, -0.2) is 0 Å². The molecule has 2 aromatic rings. The number of carbonyl (C=O) groups excluding carboxylic acids is 2. The molecule has 0 saturated heterocycles. The molecular weight excluding hydrogens is 411 g/mol. The van der Waals surface area contributed by atoms with Crippen molar-refractivity contribution >= 4 is 34.4 Å².